The molecule has 26 heavy (non-hydrogen) atoms. The number of methoxy groups -OCH3 is 1. The summed E-state index contributed by atoms with van der Waals surface area (Å²) in [5, 5.41) is 0. The first-order chi connectivity index (χ1) is 12.2. The molecule has 0 aliphatic heterocycles. The summed E-state index contributed by atoms with van der Waals surface area (Å²) in [7, 11) is -2.70. The molecule has 0 aliphatic carbocycles. The van der Waals surface area contributed by atoms with Crippen molar-refractivity contribution in [3.05, 3.63) is 53.3 Å². The van der Waals surface area contributed by atoms with Gasteiger partial charge in [0.1, 0.15) is 10.7 Å². The van der Waals surface area contributed by atoms with E-state index < -0.39 is 27.3 Å². The van der Waals surface area contributed by atoms with Gasteiger partial charge in [0.15, 0.2) is 11.5 Å². The van der Waals surface area contributed by atoms with Gasteiger partial charge in [-0.3, -0.25) is 0 Å². The highest BCUT2D eigenvalue weighted by Crippen LogP contribution is 2.29. The first kappa shape index (κ1) is 20.1. The third kappa shape index (κ3) is 5.12. The molecule has 0 atom stereocenters. The predicted octanol–water partition coefficient (Wildman–Crippen LogP) is 3.27. The van der Waals surface area contributed by atoms with E-state index in [1.165, 1.54) is 37.4 Å². The Kier molecular flexibility index (Phi) is 6.49. The minimum atomic E-state index is -4.00. The molecule has 142 valence electrons. The zero-order valence-corrected chi connectivity index (χ0v) is 14.9. The summed E-state index contributed by atoms with van der Waals surface area (Å²) >= 11 is 0. The largest absolute Gasteiger partial charge is 0.493 e. The SMILES string of the molecule is COc1cc(CCNS(=O)(=O)c2cc(C)ccc2F)ccc1OC(F)F. The Balaban J connectivity index is 2.06. The Bertz CT molecular complexity index is 872. The zero-order chi connectivity index (χ0) is 19.3. The maximum atomic E-state index is 13.8. The number of halogens is 3. The third-order valence-electron chi connectivity index (χ3n) is 3.53. The zero-order valence-electron chi connectivity index (χ0n) is 14.1. The molecule has 0 radical (unpaired) electrons. The van der Waals surface area contributed by atoms with E-state index in [4.69, 9.17) is 4.74 Å². The van der Waals surface area contributed by atoms with Gasteiger partial charge < -0.3 is 9.47 Å². The predicted molar refractivity (Wildman–Crippen MR) is 89.7 cm³/mol. The van der Waals surface area contributed by atoms with Gasteiger partial charge in [0, 0.05) is 6.54 Å². The van der Waals surface area contributed by atoms with Gasteiger partial charge >= 0.3 is 6.61 Å². The van der Waals surface area contributed by atoms with Crippen molar-refractivity contribution in [3.8, 4) is 11.5 Å². The molecule has 0 fully saturated rings. The third-order valence-corrected chi connectivity index (χ3v) is 5.00. The Morgan fingerprint density at radius 1 is 1.12 bits per heavy atom. The molecule has 0 saturated carbocycles. The molecular weight excluding hydrogens is 371 g/mol. The fraction of sp³-hybridized carbons (Fsp3) is 0.294. The van der Waals surface area contributed by atoms with Gasteiger partial charge in [0.05, 0.1) is 7.11 Å². The Hall–Kier alpha value is -2.26. The van der Waals surface area contributed by atoms with Gasteiger partial charge in [-0.05, 0) is 48.7 Å². The molecule has 2 aromatic rings. The average Bonchev–Trinajstić information content (AvgIpc) is 2.57. The van der Waals surface area contributed by atoms with Crippen LogP contribution >= 0.6 is 0 Å². The number of rotatable bonds is 8. The van der Waals surface area contributed by atoms with Gasteiger partial charge in [0.2, 0.25) is 10.0 Å². The monoisotopic (exact) mass is 389 g/mol. The molecule has 0 bridgehead atoms. The van der Waals surface area contributed by atoms with E-state index in [1.807, 2.05) is 0 Å². The molecule has 0 aliphatic rings. The Morgan fingerprint density at radius 3 is 2.50 bits per heavy atom. The van der Waals surface area contributed by atoms with Crippen LogP contribution in [-0.4, -0.2) is 28.7 Å². The lowest BCUT2D eigenvalue weighted by Gasteiger charge is -2.12. The minimum Gasteiger partial charge on any atom is -0.493 e. The molecule has 1 N–H and O–H groups in total. The van der Waals surface area contributed by atoms with Crippen molar-refractivity contribution in [3.63, 3.8) is 0 Å². The van der Waals surface area contributed by atoms with E-state index >= 15 is 0 Å². The summed E-state index contributed by atoms with van der Waals surface area (Å²) in [4.78, 5) is -0.421. The number of nitrogens with one attached hydrogen (secondary N) is 1. The van der Waals surface area contributed by atoms with Crippen molar-refractivity contribution in [2.45, 2.75) is 24.9 Å². The Labute approximate surface area is 149 Å². The minimum absolute atomic E-state index is 0.00603. The fourth-order valence-electron chi connectivity index (χ4n) is 2.28. The molecule has 0 heterocycles. The summed E-state index contributed by atoms with van der Waals surface area (Å²) in [6.45, 7) is -1.33. The number of benzene rings is 2. The van der Waals surface area contributed by atoms with Gasteiger partial charge in [-0.15, -0.1) is 0 Å². The second-order valence-corrected chi connectivity index (χ2v) is 7.18. The normalized spacial score (nSPS) is 11.6. The van der Waals surface area contributed by atoms with Gasteiger partial charge in [0.25, 0.3) is 0 Å². The number of sulfonamides is 1. The maximum Gasteiger partial charge on any atom is 0.387 e. The molecule has 2 rings (SSSR count). The summed E-state index contributed by atoms with van der Waals surface area (Å²) in [5.41, 5.74) is 1.25. The van der Waals surface area contributed by atoms with Crippen LogP contribution in [-0.2, 0) is 16.4 Å². The van der Waals surface area contributed by atoms with Crippen molar-refractivity contribution >= 4 is 10.0 Å². The van der Waals surface area contributed by atoms with Crippen molar-refractivity contribution in [1.29, 1.82) is 0 Å². The number of ether oxygens (including phenoxy) is 2. The van der Waals surface area contributed by atoms with E-state index in [1.54, 1.807) is 6.92 Å². The second kappa shape index (κ2) is 8.41. The highest BCUT2D eigenvalue weighted by atomic mass is 32.2. The molecule has 0 unspecified atom stereocenters. The van der Waals surface area contributed by atoms with E-state index in [2.05, 4.69) is 9.46 Å². The van der Waals surface area contributed by atoms with Crippen molar-refractivity contribution < 1.29 is 31.1 Å². The lowest BCUT2D eigenvalue weighted by molar-refractivity contribution is -0.0512. The van der Waals surface area contributed by atoms with Crippen LogP contribution < -0.4 is 14.2 Å². The first-order valence-corrected chi connectivity index (χ1v) is 9.09. The van der Waals surface area contributed by atoms with Crippen LogP contribution in [0.5, 0.6) is 11.5 Å². The van der Waals surface area contributed by atoms with Crippen molar-refractivity contribution in [2.24, 2.45) is 0 Å². The molecule has 0 amide bonds. The summed E-state index contributed by atoms with van der Waals surface area (Å²) in [6.07, 6.45) is 0.248. The van der Waals surface area contributed by atoms with Crippen LogP contribution in [0.25, 0.3) is 0 Å². The standard InChI is InChI=1S/C17H18F3NO4S/c1-11-3-5-13(18)16(9-11)26(22,23)21-8-7-12-4-6-14(25-17(19)20)15(10-12)24-2/h3-6,9-10,17,21H,7-8H2,1-2H3. The fourth-order valence-corrected chi connectivity index (χ4v) is 3.48. The second-order valence-electron chi connectivity index (χ2n) is 5.45. The topological polar surface area (TPSA) is 64.6 Å². The van der Waals surface area contributed by atoms with Crippen LogP contribution in [0, 0.1) is 12.7 Å². The molecular formula is C17H18F3NO4S. The van der Waals surface area contributed by atoms with Gasteiger partial charge in [-0.25, -0.2) is 17.5 Å². The number of hydrogen-bond acceptors (Lipinski definition) is 4. The van der Waals surface area contributed by atoms with Crippen molar-refractivity contribution in [2.75, 3.05) is 13.7 Å². The maximum absolute atomic E-state index is 13.8. The van der Waals surface area contributed by atoms with E-state index in [0.717, 1.165) is 6.07 Å². The molecule has 0 saturated heterocycles. The highest BCUT2D eigenvalue weighted by Gasteiger charge is 2.19. The number of aryl methyl sites for hydroxylation is 1. The van der Waals surface area contributed by atoms with Gasteiger partial charge in [-0.2, -0.15) is 8.78 Å². The average molecular weight is 389 g/mol. The lowest BCUT2D eigenvalue weighted by Crippen LogP contribution is -2.27. The highest BCUT2D eigenvalue weighted by molar-refractivity contribution is 7.89. The summed E-state index contributed by atoms with van der Waals surface area (Å²) in [5.74, 6) is -0.845. The first-order valence-electron chi connectivity index (χ1n) is 7.60. The molecule has 2 aromatic carbocycles. The van der Waals surface area contributed by atoms with Crippen LogP contribution in [0.3, 0.4) is 0 Å². The van der Waals surface area contributed by atoms with Crippen LogP contribution in [0.2, 0.25) is 0 Å². The number of alkyl halides is 2. The van der Waals surface area contributed by atoms with Crippen LogP contribution in [0.1, 0.15) is 11.1 Å². The van der Waals surface area contributed by atoms with Crippen LogP contribution in [0.4, 0.5) is 13.2 Å². The molecule has 5 nitrogen and oxygen atoms in total. The Morgan fingerprint density at radius 2 is 1.85 bits per heavy atom. The quantitative estimate of drug-likeness (QED) is 0.753. The van der Waals surface area contributed by atoms with Gasteiger partial charge in [-0.1, -0.05) is 12.1 Å². The smallest absolute Gasteiger partial charge is 0.387 e. The lowest BCUT2D eigenvalue weighted by atomic mass is 10.1. The molecule has 9 heteroatoms. The molecule has 0 aromatic heterocycles. The van der Waals surface area contributed by atoms with E-state index in [0.29, 0.717) is 11.1 Å². The van der Waals surface area contributed by atoms with E-state index in [9.17, 15) is 21.6 Å². The summed E-state index contributed by atoms with van der Waals surface area (Å²) < 4.78 is 74.4. The molecule has 0 spiro atoms. The van der Waals surface area contributed by atoms with Crippen molar-refractivity contribution in [1.82, 2.24) is 4.72 Å². The number of hydrogen-bond donors (Lipinski definition) is 1. The summed E-state index contributed by atoms with van der Waals surface area (Å²) in [6, 6.07) is 8.12. The van der Waals surface area contributed by atoms with Crippen LogP contribution in [0.15, 0.2) is 41.3 Å². The van der Waals surface area contributed by atoms with E-state index in [-0.39, 0.29) is 24.5 Å².